The highest BCUT2D eigenvalue weighted by Crippen LogP contribution is 2.20. The molecule has 1 rings (SSSR count). The summed E-state index contributed by atoms with van der Waals surface area (Å²) in [5.74, 6) is -0.000994. The third kappa shape index (κ3) is 4.39. The van der Waals surface area contributed by atoms with E-state index in [0.717, 1.165) is 17.7 Å². The predicted octanol–water partition coefficient (Wildman–Crippen LogP) is 2.13. The van der Waals surface area contributed by atoms with Crippen LogP contribution in [0.3, 0.4) is 0 Å². The van der Waals surface area contributed by atoms with Gasteiger partial charge in [0.2, 0.25) is 11.8 Å². The van der Waals surface area contributed by atoms with Gasteiger partial charge in [-0.1, -0.05) is 32.0 Å². The quantitative estimate of drug-likeness (QED) is 0.853. The molecule has 0 atom stereocenters. The van der Waals surface area contributed by atoms with Crippen molar-refractivity contribution >= 4 is 17.5 Å². The van der Waals surface area contributed by atoms with Gasteiger partial charge in [-0.2, -0.15) is 0 Å². The van der Waals surface area contributed by atoms with Gasteiger partial charge in [0.1, 0.15) is 0 Å². The maximum atomic E-state index is 11.8. The van der Waals surface area contributed by atoms with E-state index in [4.69, 9.17) is 0 Å². The van der Waals surface area contributed by atoms with Crippen LogP contribution in [0, 0.1) is 0 Å². The lowest BCUT2D eigenvalue weighted by Crippen LogP contribution is -2.37. The summed E-state index contributed by atoms with van der Waals surface area (Å²) in [5.41, 5.74) is 2.07. The van der Waals surface area contributed by atoms with E-state index < -0.39 is 0 Å². The van der Waals surface area contributed by atoms with Crippen molar-refractivity contribution in [2.45, 2.75) is 33.6 Å². The average molecular weight is 262 g/mol. The van der Waals surface area contributed by atoms with Gasteiger partial charge in [0, 0.05) is 32.1 Å². The number of rotatable bonds is 6. The minimum Gasteiger partial charge on any atom is -0.354 e. The molecule has 0 aromatic heterocycles. The Morgan fingerprint density at radius 1 is 1.21 bits per heavy atom. The first-order valence-electron chi connectivity index (χ1n) is 6.72. The van der Waals surface area contributed by atoms with Crippen molar-refractivity contribution in [2.24, 2.45) is 0 Å². The number of benzene rings is 1. The smallest absolute Gasteiger partial charge is 0.223 e. The van der Waals surface area contributed by atoms with Crippen LogP contribution in [-0.2, 0) is 16.0 Å². The number of para-hydroxylation sites is 1. The average Bonchev–Trinajstić information content (AvgIpc) is 2.42. The molecule has 0 aliphatic carbocycles. The number of amides is 2. The van der Waals surface area contributed by atoms with Gasteiger partial charge in [0.25, 0.3) is 0 Å². The maximum Gasteiger partial charge on any atom is 0.223 e. The van der Waals surface area contributed by atoms with Crippen molar-refractivity contribution in [1.29, 1.82) is 0 Å². The molecule has 1 aromatic carbocycles. The summed E-state index contributed by atoms with van der Waals surface area (Å²) in [6.07, 6.45) is 1.34. The van der Waals surface area contributed by atoms with Gasteiger partial charge >= 0.3 is 0 Å². The van der Waals surface area contributed by atoms with E-state index in [2.05, 4.69) is 12.2 Å². The second-order valence-corrected chi connectivity index (χ2v) is 4.36. The lowest BCUT2D eigenvalue weighted by atomic mass is 10.1. The second kappa shape index (κ2) is 7.56. The van der Waals surface area contributed by atoms with E-state index >= 15 is 0 Å². The molecule has 19 heavy (non-hydrogen) atoms. The highest BCUT2D eigenvalue weighted by atomic mass is 16.2. The van der Waals surface area contributed by atoms with Gasteiger partial charge in [-0.25, -0.2) is 0 Å². The molecule has 0 aliphatic heterocycles. The highest BCUT2D eigenvalue weighted by Gasteiger charge is 2.14. The first kappa shape index (κ1) is 15.2. The first-order chi connectivity index (χ1) is 9.10. The Bertz CT molecular complexity index is 444. The predicted molar refractivity (Wildman–Crippen MR) is 77.1 cm³/mol. The fraction of sp³-hybridized carbons (Fsp3) is 0.467. The first-order valence-corrected chi connectivity index (χ1v) is 6.72. The molecular formula is C15H22N2O2. The molecular weight excluding hydrogens is 240 g/mol. The lowest BCUT2D eigenvalue weighted by Gasteiger charge is -2.23. The molecule has 4 heteroatoms. The minimum absolute atomic E-state index is 0.00674. The second-order valence-electron chi connectivity index (χ2n) is 4.36. The summed E-state index contributed by atoms with van der Waals surface area (Å²) < 4.78 is 0. The van der Waals surface area contributed by atoms with Crippen molar-refractivity contribution in [2.75, 3.05) is 18.0 Å². The van der Waals surface area contributed by atoms with Crippen molar-refractivity contribution in [3.63, 3.8) is 0 Å². The van der Waals surface area contributed by atoms with Crippen molar-refractivity contribution in [1.82, 2.24) is 5.32 Å². The van der Waals surface area contributed by atoms with Crippen molar-refractivity contribution in [3.05, 3.63) is 29.8 Å². The van der Waals surface area contributed by atoms with E-state index in [1.807, 2.05) is 31.2 Å². The molecule has 0 spiro atoms. The fourth-order valence-corrected chi connectivity index (χ4v) is 1.95. The largest absolute Gasteiger partial charge is 0.354 e. The van der Waals surface area contributed by atoms with Crippen LogP contribution in [0.15, 0.2) is 24.3 Å². The maximum absolute atomic E-state index is 11.8. The van der Waals surface area contributed by atoms with Gasteiger partial charge < -0.3 is 10.2 Å². The Hall–Kier alpha value is -1.84. The Balaban J connectivity index is 2.77. The zero-order chi connectivity index (χ0) is 14.3. The molecule has 0 fully saturated rings. The third-order valence-electron chi connectivity index (χ3n) is 3.02. The zero-order valence-corrected chi connectivity index (χ0v) is 11.9. The molecule has 0 radical (unpaired) electrons. The molecule has 0 saturated heterocycles. The van der Waals surface area contributed by atoms with Crippen LogP contribution < -0.4 is 10.2 Å². The summed E-state index contributed by atoms with van der Waals surface area (Å²) >= 11 is 0. The summed E-state index contributed by atoms with van der Waals surface area (Å²) in [5, 5.41) is 2.79. The SMILES string of the molecule is CCC(=O)NCCN(C(C)=O)c1ccccc1CC. The van der Waals surface area contributed by atoms with Crippen LogP contribution in [0.2, 0.25) is 0 Å². The van der Waals surface area contributed by atoms with Crippen LogP contribution >= 0.6 is 0 Å². The van der Waals surface area contributed by atoms with E-state index in [1.165, 1.54) is 0 Å². The van der Waals surface area contributed by atoms with Crippen molar-refractivity contribution < 1.29 is 9.59 Å². The normalized spacial score (nSPS) is 10.1. The molecule has 104 valence electrons. The van der Waals surface area contributed by atoms with E-state index in [0.29, 0.717) is 19.5 Å². The van der Waals surface area contributed by atoms with E-state index in [1.54, 1.807) is 11.8 Å². The fourth-order valence-electron chi connectivity index (χ4n) is 1.95. The van der Waals surface area contributed by atoms with Crippen molar-refractivity contribution in [3.8, 4) is 0 Å². The van der Waals surface area contributed by atoms with Gasteiger partial charge in [0.15, 0.2) is 0 Å². The van der Waals surface area contributed by atoms with Crippen LogP contribution in [0.25, 0.3) is 0 Å². The van der Waals surface area contributed by atoms with Crippen LogP contribution in [-0.4, -0.2) is 24.9 Å². The van der Waals surface area contributed by atoms with Crippen LogP contribution in [0.4, 0.5) is 5.69 Å². The number of aryl methyl sites for hydroxylation is 1. The van der Waals surface area contributed by atoms with Crippen LogP contribution in [0.5, 0.6) is 0 Å². The standard InChI is InChI=1S/C15H22N2O2/c1-4-13-8-6-7-9-14(13)17(12(3)18)11-10-16-15(19)5-2/h6-9H,4-5,10-11H2,1-3H3,(H,16,19). The Morgan fingerprint density at radius 3 is 2.47 bits per heavy atom. The molecule has 0 heterocycles. The van der Waals surface area contributed by atoms with E-state index in [9.17, 15) is 9.59 Å². The Morgan fingerprint density at radius 2 is 1.89 bits per heavy atom. The Kier molecular flexibility index (Phi) is 6.06. The molecule has 1 aromatic rings. The van der Waals surface area contributed by atoms with Gasteiger partial charge in [-0.15, -0.1) is 0 Å². The van der Waals surface area contributed by atoms with Crippen LogP contribution in [0.1, 0.15) is 32.8 Å². The molecule has 0 bridgehead atoms. The highest BCUT2D eigenvalue weighted by molar-refractivity contribution is 5.92. The molecule has 0 saturated carbocycles. The summed E-state index contributed by atoms with van der Waals surface area (Å²) in [6, 6.07) is 7.87. The number of hydrogen-bond donors (Lipinski definition) is 1. The number of nitrogens with zero attached hydrogens (tertiary/aromatic N) is 1. The number of carbonyl (C=O) groups is 2. The summed E-state index contributed by atoms with van der Waals surface area (Å²) in [6.45, 7) is 6.40. The van der Waals surface area contributed by atoms with E-state index in [-0.39, 0.29) is 11.8 Å². The summed E-state index contributed by atoms with van der Waals surface area (Å²) in [7, 11) is 0. The summed E-state index contributed by atoms with van der Waals surface area (Å²) in [4.78, 5) is 24.7. The number of hydrogen-bond acceptors (Lipinski definition) is 2. The number of carbonyl (C=O) groups excluding carboxylic acids is 2. The zero-order valence-electron chi connectivity index (χ0n) is 11.9. The molecule has 1 N–H and O–H groups in total. The molecule has 2 amide bonds. The molecule has 4 nitrogen and oxygen atoms in total. The number of anilines is 1. The lowest BCUT2D eigenvalue weighted by molar-refractivity contribution is -0.121. The monoisotopic (exact) mass is 262 g/mol. The van der Waals surface area contributed by atoms with Gasteiger partial charge in [-0.3, -0.25) is 9.59 Å². The topological polar surface area (TPSA) is 49.4 Å². The minimum atomic E-state index is -0.00773. The Labute approximate surface area is 114 Å². The number of nitrogens with one attached hydrogen (secondary N) is 1. The molecule has 0 unspecified atom stereocenters. The van der Waals surface area contributed by atoms with Gasteiger partial charge in [-0.05, 0) is 18.1 Å². The molecule has 0 aliphatic rings. The third-order valence-corrected chi connectivity index (χ3v) is 3.02. The van der Waals surface area contributed by atoms with Gasteiger partial charge in [0.05, 0.1) is 0 Å².